The number of pyridine rings is 1. The van der Waals surface area contributed by atoms with Crippen molar-refractivity contribution in [2.75, 3.05) is 6.61 Å². The van der Waals surface area contributed by atoms with Crippen LogP contribution in [-0.2, 0) is 0 Å². The number of aromatic nitrogens is 1. The lowest BCUT2D eigenvalue weighted by Crippen LogP contribution is -1.97. The lowest BCUT2D eigenvalue weighted by Gasteiger charge is -2.09. The third kappa shape index (κ3) is 2.67. The topological polar surface area (TPSA) is 42.4 Å². The summed E-state index contributed by atoms with van der Waals surface area (Å²) < 4.78 is 5.56. The lowest BCUT2D eigenvalue weighted by molar-refractivity contribution is 0.291. The second kappa shape index (κ2) is 5.53. The van der Waals surface area contributed by atoms with Gasteiger partial charge in [0, 0.05) is 11.6 Å². The molecule has 0 radical (unpaired) electrons. The molecule has 0 amide bonds. The zero-order valence-electron chi connectivity index (χ0n) is 10.0. The minimum atomic E-state index is 0.139. The van der Waals surface area contributed by atoms with Crippen LogP contribution in [0.25, 0.3) is 10.9 Å². The van der Waals surface area contributed by atoms with E-state index in [1.165, 1.54) is 0 Å². The summed E-state index contributed by atoms with van der Waals surface area (Å²) in [7, 11) is 0. The number of hydrogen-bond acceptors (Lipinski definition) is 3. The normalized spacial score (nSPS) is 10.6. The van der Waals surface area contributed by atoms with Crippen molar-refractivity contribution in [3.63, 3.8) is 0 Å². The Morgan fingerprint density at radius 2 is 2.12 bits per heavy atom. The first kappa shape index (κ1) is 11.7. The van der Waals surface area contributed by atoms with E-state index >= 15 is 0 Å². The molecule has 0 aliphatic rings. The van der Waals surface area contributed by atoms with Gasteiger partial charge in [0.05, 0.1) is 6.61 Å². The van der Waals surface area contributed by atoms with Crippen LogP contribution in [0.2, 0.25) is 0 Å². The second-order valence-corrected chi connectivity index (χ2v) is 4.04. The highest BCUT2D eigenvalue weighted by atomic mass is 16.5. The summed E-state index contributed by atoms with van der Waals surface area (Å²) in [5, 5.41) is 10.9. The van der Waals surface area contributed by atoms with Crippen LogP contribution in [0.3, 0.4) is 0 Å². The van der Waals surface area contributed by atoms with E-state index in [1.54, 1.807) is 12.3 Å². The van der Waals surface area contributed by atoms with Crippen LogP contribution in [0, 0.1) is 0 Å². The van der Waals surface area contributed by atoms with Gasteiger partial charge in [0.25, 0.3) is 0 Å². The van der Waals surface area contributed by atoms with Gasteiger partial charge in [-0.05, 0) is 24.6 Å². The quantitative estimate of drug-likeness (QED) is 0.801. The van der Waals surface area contributed by atoms with Crippen LogP contribution in [-0.4, -0.2) is 16.7 Å². The molecule has 2 rings (SSSR count). The van der Waals surface area contributed by atoms with Crippen LogP contribution in [0.1, 0.15) is 26.2 Å². The van der Waals surface area contributed by atoms with E-state index in [2.05, 4.69) is 11.9 Å². The van der Waals surface area contributed by atoms with Gasteiger partial charge in [0.15, 0.2) is 11.5 Å². The van der Waals surface area contributed by atoms with Gasteiger partial charge in [-0.15, -0.1) is 0 Å². The fraction of sp³-hybridized carbons (Fsp3) is 0.357. The largest absolute Gasteiger partial charge is 0.503 e. The minimum Gasteiger partial charge on any atom is -0.503 e. The molecule has 0 aliphatic carbocycles. The monoisotopic (exact) mass is 231 g/mol. The Bertz CT molecular complexity index is 497. The van der Waals surface area contributed by atoms with Gasteiger partial charge in [-0.25, -0.2) is 0 Å². The van der Waals surface area contributed by atoms with Crippen molar-refractivity contribution in [3.05, 3.63) is 30.5 Å². The molecule has 1 aromatic carbocycles. The SMILES string of the molecule is CCCCCOc1ccc2cccnc2c1O. The lowest BCUT2D eigenvalue weighted by atomic mass is 10.2. The maximum absolute atomic E-state index is 10.0. The molecular weight excluding hydrogens is 214 g/mol. The van der Waals surface area contributed by atoms with E-state index < -0.39 is 0 Å². The number of hydrogen-bond donors (Lipinski definition) is 1. The van der Waals surface area contributed by atoms with E-state index in [1.807, 2.05) is 18.2 Å². The Morgan fingerprint density at radius 3 is 2.94 bits per heavy atom. The molecule has 1 heterocycles. The molecule has 0 saturated heterocycles. The average Bonchev–Trinajstić information content (AvgIpc) is 2.37. The molecule has 17 heavy (non-hydrogen) atoms. The van der Waals surface area contributed by atoms with Crippen LogP contribution in [0.5, 0.6) is 11.5 Å². The van der Waals surface area contributed by atoms with Crippen molar-refractivity contribution >= 4 is 10.9 Å². The molecule has 0 aliphatic heterocycles. The number of fused-ring (bicyclic) bond motifs is 1. The first-order chi connectivity index (χ1) is 8.33. The van der Waals surface area contributed by atoms with Crippen molar-refractivity contribution in [1.82, 2.24) is 4.98 Å². The number of ether oxygens (including phenoxy) is 1. The Balaban J connectivity index is 2.15. The fourth-order valence-electron chi connectivity index (χ4n) is 1.76. The van der Waals surface area contributed by atoms with Crippen molar-refractivity contribution in [3.8, 4) is 11.5 Å². The van der Waals surface area contributed by atoms with Crippen molar-refractivity contribution in [1.29, 1.82) is 0 Å². The van der Waals surface area contributed by atoms with Crippen LogP contribution < -0.4 is 4.74 Å². The van der Waals surface area contributed by atoms with E-state index in [0.29, 0.717) is 17.9 Å². The third-order valence-corrected chi connectivity index (χ3v) is 2.72. The van der Waals surface area contributed by atoms with Gasteiger partial charge in [-0.2, -0.15) is 0 Å². The van der Waals surface area contributed by atoms with E-state index in [4.69, 9.17) is 4.74 Å². The smallest absolute Gasteiger partial charge is 0.184 e. The summed E-state index contributed by atoms with van der Waals surface area (Å²) in [6.45, 7) is 2.79. The maximum Gasteiger partial charge on any atom is 0.184 e. The molecule has 3 nitrogen and oxygen atoms in total. The van der Waals surface area contributed by atoms with Crippen LogP contribution in [0.15, 0.2) is 30.5 Å². The predicted molar refractivity (Wildman–Crippen MR) is 68.4 cm³/mol. The molecule has 0 fully saturated rings. The number of rotatable bonds is 5. The summed E-state index contributed by atoms with van der Waals surface area (Å²) in [5.41, 5.74) is 0.598. The van der Waals surface area contributed by atoms with E-state index in [0.717, 1.165) is 24.6 Å². The number of phenolic OH excluding ortho intramolecular Hbond substituents is 1. The molecule has 0 saturated carbocycles. The molecular formula is C14H17NO2. The molecule has 0 atom stereocenters. The van der Waals surface area contributed by atoms with Crippen LogP contribution >= 0.6 is 0 Å². The number of nitrogens with zero attached hydrogens (tertiary/aromatic N) is 1. The summed E-state index contributed by atoms with van der Waals surface area (Å²) in [5.74, 6) is 0.659. The Hall–Kier alpha value is -1.77. The maximum atomic E-state index is 10.0. The first-order valence-electron chi connectivity index (χ1n) is 6.02. The van der Waals surface area contributed by atoms with Gasteiger partial charge in [-0.3, -0.25) is 4.98 Å². The zero-order valence-corrected chi connectivity index (χ0v) is 10.0. The standard InChI is InChI=1S/C14H17NO2/c1-2-3-4-10-17-12-8-7-11-6-5-9-15-13(11)14(12)16/h5-9,16H,2-4,10H2,1H3. The summed E-state index contributed by atoms with van der Waals surface area (Å²) >= 11 is 0. The summed E-state index contributed by atoms with van der Waals surface area (Å²) in [4.78, 5) is 4.16. The highest BCUT2D eigenvalue weighted by Gasteiger charge is 2.07. The zero-order chi connectivity index (χ0) is 12.1. The minimum absolute atomic E-state index is 0.139. The van der Waals surface area contributed by atoms with E-state index in [9.17, 15) is 5.11 Å². The number of phenols is 1. The Kier molecular flexibility index (Phi) is 3.81. The van der Waals surface area contributed by atoms with Gasteiger partial charge in [0.2, 0.25) is 0 Å². The highest BCUT2D eigenvalue weighted by molar-refractivity contribution is 5.86. The fourth-order valence-corrected chi connectivity index (χ4v) is 1.76. The first-order valence-corrected chi connectivity index (χ1v) is 6.02. The number of unbranched alkanes of at least 4 members (excludes halogenated alkanes) is 2. The van der Waals surface area contributed by atoms with Crippen molar-refractivity contribution in [2.45, 2.75) is 26.2 Å². The molecule has 1 N–H and O–H groups in total. The third-order valence-electron chi connectivity index (χ3n) is 2.72. The van der Waals surface area contributed by atoms with Gasteiger partial charge in [-0.1, -0.05) is 25.8 Å². The molecule has 90 valence electrons. The highest BCUT2D eigenvalue weighted by Crippen LogP contribution is 2.32. The Labute approximate surface area is 101 Å². The second-order valence-electron chi connectivity index (χ2n) is 4.04. The molecule has 0 unspecified atom stereocenters. The molecule has 1 aromatic heterocycles. The Morgan fingerprint density at radius 1 is 1.24 bits per heavy atom. The number of aromatic hydroxyl groups is 1. The molecule has 0 spiro atoms. The molecule has 0 bridgehead atoms. The molecule has 2 aromatic rings. The summed E-state index contributed by atoms with van der Waals surface area (Å²) in [6.07, 6.45) is 4.99. The van der Waals surface area contributed by atoms with Crippen molar-refractivity contribution < 1.29 is 9.84 Å². The van der Waals surface area contributed by atoms with Crippen molar-refractivity contribution in [2.24, 2.45) is 0 Å². The average molecular weight is 231 g/mol. The van der Waals surface area contributed by atoms with Crippen LogP contribution in [0.4, 0.5) is 0 Å². The van der Waals surface area contributed by atoms with Gasteiger partial charge < -0.3 is 9.84 Å². The summed E-state index contributed by atoms with van der Waals surface area (Å²) in [6, 6.07) is 7.48. The van der Waals surface area contributed by atoms with Gasteiger partial charge in [0.1, 0.15) is 5.52 Å². The van der Waals surface area contributed by atoms with Gasteiger partial charge >= 0.3 is 0 Å². The van der Waals surface area contributed by atoms with E-state index in [-0.39, 0.29) is 5.75 Å². The predicted octanol–water partition coefficient (Wildman–Crippen LogP) is 3.51. The molecule has 3 heteroatoms. The number of benzene rings is 1.